The van der Waals surface area contributed by atoms with Crippen LogP contribution in [0.4, 0.5) is 5.69 Å². The summed E-state index contributed by atoms with van der Waals surface area (Å²) in [7, 11) is -3.82. The van der Waals surface area contributed by atoms with Gasteiger partial charge in [-0.15, -0.1) is 0 Å². The van der Waals surface area contributed by atoms with E-state index in [9.17, 15) is 18.0 Å². The van der Waals surface area contributed by atoms with E-state index in [-0.39, 0.29) is 18.1 Å². The molecule has 0 saturated carbocycles. The van der Waals surface area contributed by atoms with Crippen molar-refractivity contribution in [3.05, 3.63) is 53.6 Å². The number of rotatable bonds is 10. The molecule has 0 saturated heterocycles. The molecule has 1 aliphatic heterocycles. The number of ether oxygens (including phenoxy) is 2. The minimum Gasteiger partial charge on any atom is -0.486 e. The number of carbonyl (C=O) groups excluding carboxylic acids is 2. The van der Waals surface area contributed by atoms with Crippen molar-refractivity contribution in [3.63, 3.8) is 0 Å². The van der Waals surface area contributed by atoms with Crippen molar-refractivity contribution in [2.75, 3.05) is 36.9 Å². The molecule has 0 radical (unpaired) electrons. The van der Waals surface area contributed by atoms with Gasteiger partial charge in [0.1, 0.15) is 25.8 Å². The van der Waals surface area contributed by atoms with Gasteiger partial charge in [-0.1, -0.05) is 36.8 Å². The van der Waals surface area contributed by atoms with Crippen LogP contribution in [0.15, 0.2) is 42.5 Å². The number of anilines is 1. The van der Waals surface area contributed by atoms with E-state index in [1.54, 1.807) is 25.1 Å². The molecule has 1 unspecified atom stereocenters. The van der Waals surface area contributed by atoms with Crippen molar-refractivity contribution in [2.45, 2.75) is 39.8 Å². The molecule has 1 N–H and O–H groups in total. The number of hydrogen-bond acceptors (Lipinski definition) is 6. The molecular formula is C25H33N3O6S. The van der Waals surface area contributed by atoms with Gasteiger partial charge in [0.15, 0.2) is 11.5 Å². The van der Waals surface area contributed by atoms with Crippen molar-refractivity contribution in [3.8, 4) is 11.5 Å². The summed E-state index contributed by atoms with van der Waals surface area (Å²) >= 11 is 0. The van der Waals surface area contributed by atoms with E-state index in [1.165, 1.54) is 4.90 Å². The molecule has 2 aromatic carbocycles. The van der Waals surface area contributed by atoms with E-state index in [0.29, 0.717) is 31.3 Å². The average molecular weight is 504 g/mol. The molecule has 0 fully saturated rings. The Morgan fingerprint density at radius 3 is 2.34 bits per heavy atom. The second-order valence-corrected chi connectivity index (χ2v) is 10.5. The molecule has 1 heterocycles. The summed E-state index contributed by atoms with van der Waals surface area (Å²) in [4.78, 5) is 27.7. The quantitative estimate of drug-likeness (QED) is 0.534. The number of aryl methyl sites for hydroxylation is 1. The van der Waals surface area contributed by atoms with Crippen LogP contribution in [0.1, 0.15) is 31.4 Å². The van der Waals surface area contributed by atoms with Gasteiger partial charge in [-0.2, -0.15) is 0 Å². The first-order valence-corrected chi connectivity index (χ1v) is 13.4. The second kappa shape index (κ2) is 11.4. The van der Waals surface area contributed by atoms with Crippen LogP contribution < -0.4 is 19.1 Å². The smallest absolute Gasteiger partial charge is 0.244 e. The molecular weight excluding hydrogens is 470 g/mol. The van der Waals surface area contributed by atoms with Crippen molar-refractivity contribution in [1.82, 2.24) is 10.2 Å². The highest BCUT2D eigenvalue weighted by atomic mass is 32.2. The van der Waals surface area contributed by atoms with Crippen LogP contribution in [0, 0.1) is 6.92 Å². The normalized spacial score (nSPS) is 13.6. The number of hydrogen-bond donors (Lipinski definition) is 1. The van der Waals surface area contributed by atoms with Crippen molar-refractivity contribution in [2.24, 2.45) is 0 Å². The lowest BCUT2D eigenvalue weighted by Gasteiger charge is -2.31. The van der Waals surface area contributed by atoms with Crippen molar-refractivity contribution >= 4 is 27.5 Å². The number of sulfonamides is 1. The molecule has 190 valence electrons. The van der Waals surface area contributed by atoms with Crippen LogP contribution in [-0.2, 0) is 26.2 Å². The predicted octanol–water partition coefficient (Wildman–Crippen LogP) is 2.48. The van der Waals surface area contributed by atoms with E-state index in [1.807, 2.05) is 38.1 Å². The van der Waals surface area contributed by atoms with Gasteiger partial charge in [0.2, 0.25) is 21.8 Å². The number of carbonyl (C=O) groups is 2. The van der Waals surface area contributed by atoms with E-state index in [0.717, 1.165) is 28.1 Å². The zero-order valence-corrected chi connectivity index (χ0v) is 21.4. The van der Waals surface area contributed by atoms with Gasteiger partial charge < -0.3 is 19.7 Å². The van der Waals surface area contributed by atoms with Gasteiger partial charge in [-0.05, 0) is 38.0 Å². The number of nitrogens with one attached hydrogen (secondary N) is 1. The Labute approximate surface area is 207 Å². The molecule has 35 heavy (non-hydrogen) atoms. The summed E-state index contributed by atoms with van der Waals surface area (Å²) in [6.45, 7) is 6.50. The third kappa shape index (κ3) is 6.88. The SMILES string of the molecule is CCCNC(=O)C(C)N(Cc1ccc(C)cc1)C(=O)CN(c1ccc2c(c1)OCCO2)S(C)(=O)=O. The molecule has 0 bridgehead atoms. The van der Waals surface area contributed by atoms with Crippen LogP contribution in [-0.4, -0.2) is 63.7 Å². The molecule has 1 aliphatic rings. The second-order valence-electron chi connectivity index (χ2n) is 8.57. The van der Waals surface area contributed by atoms with Gasteiger partial charge in [0.05, 0.1) is 11.9 Å². The Balaban J connectivity index is 1.90. The molecule has 2 aromatic rings. The van der Waals surface area contributed by atoms with Gasteiger partial charge in [-0.25, -0.2) is 8.42 Å². The van der Waals surface area contributed by atoms with Crippen LogP contribution in [0.2, 0.25) is 0 Å². The fourth-order valence-electron chi connectivity index (χ4n) is 3.67. The molecule has 0 aromatic heterocycles. The zero-order valence-electron chi connectivity index (χ0n) is 20.6. The van der Waals surface area contributed by atoms with E-state index in [4.69, 9.17) is 9.47 Å². The molecule has 10 heteroatoms. The van der Waals surface area contributed by atoms with Crippen LogP contribution in [0.5, 0.6) is 11.5 Å². The average Bonchev–Trinajstić information content (AvgIpc) is 2.83. The predicted molar refractivity (Wildman–Crippen MR) is 134 cm³/mol. The maximum absolute atomic E-state index is 13.5. The Morgan fingerprint density at radius 2 is 1.71 bits per heavy atom. The lowest BCUT2D eigenvalue weighted by Crippen LogP contribution is -2.51. The summed E-state index contributed by atoms with van der Waals surface area (Å²) < 4.78 is 37.5. The topological polar surface area (TPSA) is 105 Å². The van der Waals surface area contributed by atoms with Gasteiger partial charge >= 0.3 is 0 Å². The lowest BCUT2D eigenvalue weighted by molar-refractivity contribution is -0.139. The number of amides is 2. The van der Waals surface area contributed by atoms with Crippen LogP contribution in [0.3, 0.4) is 0 Å². The van der Waals surface area contributed by atoms with E-state index < -0.39 is 28.5 Å². The maximum atomic E-state index is 13.5. The van der Waals surface area contributed by atoms with Crippen molar-refractivity contribution < 1.29 is 27.5 Å². The van der Waals surface area contributed by atoms with Crippen LogP contribution >= 0.6 is 0 Å². The minimum atomic E-state index is -3.82. The van der Waals surface area contributed by atoms with Gasteiger partial charge in [0.25, 0.3) is 0 Å². The monoisotopic (exact) mass is 503 g/mol. The van der Waals surface area contributed by atoms with Gasteiger partial charge in [-0.3, -0.25) is 13.9 Å². The largest absolute Gasteiger partial charge is 0.486 e. The Kier molecular flexibility index (Phi) is 8.61. The minimum absolute atomic E-state index is 0.165. The third-order valence-electron chi connectivity index (χ3n) is 5.68. The van der Waals surface area contributed by atoms with E-state index >= 15 is 0 Å². The first kappa shape index (κ1) is 26.3. The molecule has 1 atom stereocenters. The fourth-order valence-corrected chi connectivity index (χ4v) is 4.51. The molecule has 3 rings (SSSR count). The summed E-state index contributed by atoms with van der Waals surface area (Å²) in [6.07, 6.45) is 1.80. The number of benzene rings is 2. The highest BCUT2D eigenvalue weighted by Crippen LogP contribution is 2.34. The Morgan fingerprint density at radius 1 is 1.06 bits per heavy atom. The summed E-state index contributed by atoms with van der Waals surface area (Å²) in [5.74, 6) is 0.142. The van der Waals surface area contributed by atoms with E-state index in [2.05, 4.69) is 5.32 Å². The molecule has 0 spiro atoms. The highest BCUT2D eigenvalue weighted by Gasteiger charge is 2.30. The lowest BCUT2D eigenvalue weighted by atomic mass is 10.1. The number of fused-ring (bicyclic) bond motifs is 1. The zero-order chi connectivity index (χ0) is 25.6. The fraction of sp³-hybridized carbons (Fsp3) is 0.440. The summed E-state index contributed by atoms with van der Waals surface area (Å²) in [6, 6.07) is 11.6. The molecule has 9 nitrogen and oxygen atoms in total. The van der Waals surface area contributed by atoms with Crippen LogP contribution in [0.25, 0.3) is 0 Å². The molecule has 2 amide bonds. The summed E-state index contributed by atoms with van der Waals surface area (Å²) in [5, 5.41) is 2.82. The Bertz CT molecular complexity index is 1150. The highest BCUT2D eigenvalue weighted by molar-refractivity contribution is 7.92. The molecule has 0 aliphatic carbocycles. The standard InChI is InChI=1S/C25H33N3O6S/c1-5-12-26-25(30)19(3)27(16-20-8-6-18(2)7-9-20)24(29)17-28(35(4,31)32)21-10-11-22-23(15-21)34-14-13-33-22/h6-11,15,19H,5,12-14,16-17H2,1-4H3,(H,26,30). The van der Waals surface area contributed by atoms with Gasteiger partial charge in [0, 0.05) is 19.2 Å². The Hall–Kier alpha value is -3.27. The number of nitrogens with zero attached hydrogens (tertiary/aromatic N) is 2. The first-order chi connectivity index (χ1) is 16.6. The van der Waals surface area contributed by atoms with Crippen molar-refractivity contribution in [1.29, 1.82) is 0 Å². The maximum Gasteiger partial charge on any atom is 0.244 e. The third-order valence-corrected chi connectivity index (χ3v) is 6.82. The first-order valence-electron chi connectivity index (χ1n) is 11.6. The summed E-state index contributed by atoms with van der Waals surface area (Å²) in [5.41, 5.74) is 2.19.